The molecule has 7 rings (SSSR count). The Morgan fingerprint density at radius 1 is 1.00 bits per heavy atom. The van der Waals surface area contributed by atoms with E-state index in [1.807, 2.05) is 93.7 Å². The maximum Gasteiger partial charge on any atom is 0.254 e. The van der Waals surface area contributed by atoms with Crippen LogP contribution in [0.5, 0.6) is 11.5 Å². The third-order valence-electron chi connectivity index (χ3n) is 12.1. The number of pyridine rings is 1. The number of fused-ring (bicyclic) bond motifs is 3. The van der Waals surface area contributed by atoms with Crippen LogP contribution in [0.15, 0.2) is 108 Å². The number of aliphatic hydroxyl groups is 2. The molecular formula is C48H57N3O7. The van der Waals surface area contributed by atoms with E-state index in [2.05, 4.69) is 23.7 Å². The van der Waals surface area contributed by atoms with E-state index >= 15 is 0 Å². The lowest BCUT2D eigenvalue weighted by Gasteiger charge is -2.59. The highest BCUT2D eigenvalue weighted by molar-refractivity contribution is 6.04. The molecule has 1 saturated carbocycles. The van der Waals surface area contributed by atoms with Gasteiger partial charge in [-0.05, 0) is 110 Å². The Bertz CT molecular complexity index is 2130. The fourth-order valence-electron chi connectivity index (χ4n) is 9.46. The van der Waals surface area contributed by atoms with Crippen molar-refractivity contribution in [3.8, 4) is 11.5 Å². The first kappa shape index (κ1) is 41.1. The molecular weight excluding hydrogens is 731 g/mol. The predicted molar refractivity (Wildman–Crippen MR) is 226 cm³/mol. The molecule has 3 aromatic carbocycles. The molecule has 1 fully saturated rings. The van der Waals surface area contributed by atoms with Gasteiger partial charge in [0.15, 0.2) is 0 Å². The molecule has 306 valence electrons. The first-order valence-corrected chi connectivity index (χ1v) is 20.8. The van der Waals surface area contributed by atoms with E-state index < -0.39 is 17.7 Å². The number of oxime groups is 1. The smallest absolute Gasteiger partial charge is 0.254 e. The molecule has 10 nitrogen and oxygen atoms in total. The lowest BCUT2D eigenvalue weighted by molar-refractivity contribution is -0.252. The van der Waals surface area contributed by atoms with Crippen LogP contribution in [0.2, 0.25) is 0 Å². The molecule has 1 aromatic heterocycles. The van der Waals surface area contributed by atoms with Gasteiger partial charge in [0, 0.05) is 49.4 Å². The highest BCUT2D eigenvalue weighted by atomic mass is 16.7. The summed E-state index contributed by atoms with van der Waals surface area (Å²) in [7, 11) is 1.83. The third kappa shape index (κ3) is 8.42. The Morgan fingerprint density at radius 2 is 1.79 bits per heavy atom. The summed E-state index contributed by atoms with van der Waals surface area (Å²) in [5.74, 6) is -0.415. The van der Waals surface area contributed by atoms with Crippen LogP contribution in [-0.4, -0.2) is 77.0 Å². The van der Waals surface area contributed by atoms with Crippen molar-refractivity contribution in [3.05, 3.63) is 126 Å². The number of benzene rings is 3. The van der Waals surface area contributed by atoms with Crippen molar-refractivity contribution in [2.75, 3.05) is 33.5 Å². The van der Waals surface area contributed by atoms with Gasteiger partial charge in [-0.3, -0.25) is 9.78 Å². The van der Waals surface area contributed by atoms with Gasteiger partial charge in [0.05, 0.1) is 23.9 Å². The summed E-state index contributed by atoms with van der Waals surface area (Å²) in [5.41, 5.74) is 5.10. The van der Waals surface area contributed by atoms with Gasteiger partial charge in [0.2, 0.25) is 5.79 Å². The zero-order chi connectivity index (χ0) is 40.6. The second kappa shape index (κ2) is 18.7. The van der Waals surface area contributed by atoms with Gasteiger partial charge in [-0.1, -0.05) is 66.5 Å². The summed E-state index contributed by atoms with van der Waals surface area (Å²) in [4.78, 5) is 27.0. The SMILES string of the molecule is C=CCOC12Oc3ccc(OCc4cccc(C)n4)cc3C3C(CCCCO)C(CCCCO)C=C(C(=NOCC)CC1N(C)C(=O)c1ccc4ccccc4c1)C32. The van der Waals surface area contributed by atoms with Gasteiger partial charge >= 0.3 is 0 Å². The monoisotopic (exact) mass is 787 g/mol. The van der Waals surface area contributed by atoms with Crippen molar-refractivity contribution in [1.82, 2.24) is 9.88 Å². The minimum absolute atomic E-state index is 0.107. The molecule has 0 radical (unpaired) electrons. The quantitative estimate of drug-likeness (QED) is 0.0585. The van der Waals surface area contributed by atoms with E-state index in [1.54, 1.807) is 11.0 Å². The van der Waals surface area contributed by atoms with Crippen LogP contribution in [0.25, 0.3) is 10.8 Å². The molecule has 0 spiro atoms. The predicted octanol–water partition coefficient (Wildman–Crippen LogP) is 8.55. The minimum atomic E-state index is -1.33. The number of carbonyl (C=O) groups excluding carboxylic acids is 1. The maximum absolute atomic E-state index is 14.7. The maximum atomic E-state index is 14.7. The molecule has 0 saturated heterocycles. The molecule has 10 heteroatoms. The van der Waals surface area contributed by atoms with Gasteiger partial charge in [0.25, 0.3) is 5.91 Å². The zero-order valence-corrected chi connectivity index (χ0v) is 34.0. The average Bonchev–Trinajstić information content (AvgIpc) is 3.24. The molecule has 2 aliphatic carbocycles. The first-order chi connectivity index (χ1) is 28.3. The summed E-state index contributed by atoms with van der Waals surface area (Å²) in [6.45, 7) is 9.05. The van der Waals surface area contributed by atoms with Gasteiger partial charge < -0.3 is 34.2 Å². The second-order valence-electron chi connectivity index (χ2n) is 15.7. The van der Waals surface area contributed by atoms with Crippen LogP contribution >= 0.6 is 0 Å². The van der Waals surface area contributed by atoms with Gasteiger partial charge in [-0.2, -0.15) is 0 Å². The standard InChI is InChI=1S/C48H57N3O7/c1-5-26-56-48-44(51(4)47(54)36-21-20-33-15-7-8-16-34(33)27-36)30-42(50-57-6-2)40-28-35(17-9-11-24-52)39(19-10-12-25-53)45(46(40)48)41-29-38(22-23-43(41)58-48)55-31-37-18-13-14-32(3)49-37/h5,7-8,13-16,18,20-23,27-29,35,39,44-46,52-53H,1,6,9-12,17,19,24-26,30-31H2,2-4H3. The fourth-order valence-corrected chi connectivity index (χ4v) is 9.46. The molecule has 1 aliphatic heterocycles. The molecule has 1 amide bonds. The lowest BCUT2D eigenvalue weighted by atomic mass is 9.55. The van der Waals surface area contributed by atoms with Crippen molar-refractivity contribution in [3.63, 3.8) is 0 Å². The van der Waals surface area contributed by atoms with E-state index in [1.165, 1.54) is 0 Å². The molecule has 0 bridgehead atoms. The van der Waals surface area contributed by atoms with Crippen molar-refractivity contribution < 1.29 is 34.1 Å². The number of amides is 1. The molecule has 3 aliphatic rings. The molecule has 2 heterocycles. The van der Waals surface area contributed by atoms with Crippen LogP contribution in [-0.2, 0) is 16.2 Å². The second-order valence-corrected chi connectivity index (χ2v) is 15.7. The average molecular weight is 788 g/mol. The summed E-state index contributed by atoms with van der Waals surface area (Å²) < 4.78 is 20.8. The van der Waals surface area contributed by atoms with Crippen LogP contribution < -0.4 is 9.47 Å². The summed E-state index contributed by atoms with van der Waals surface area (Å²) >= 11 is 0. The van der Waals surface area contributed by atoms with E-state index in [0.717, 1.165) is 64.7 Å². The van der Waals surface area contributed by atoms with Crippen LogP contribution in [0, 0.1) is 24.7 Å². The lowest BCUT2D eigenvalue weighted by Crippen LogP contribution is -2.69. The minimum Gasteiger partial charge on any atom is -0.487 e. The van der Waals surface area contributed by atoms with Crippen LogP contribution in [0.4, 0.5) is 0 Å². The number of carbonyl (C=O) groups is 1. The Kier molecular flexibility index (Phi) is 13.3. The first-order valence-electron chi connectivity index (χ1n) is 20.8. The van der Waals surface area contributed by atoms with Crippen LogP contribution in [0.1, 0.15) is 85.1 Å². The molecule has 6 atom stereocenters. The topological polar surface area (TPSA) is 123 Å². The summed E-state index contributed by atoms with van der Waals surface area (Å²) in [6, 6.07) is 25.1. The van der Waals surface area contributed by atoms with Crippen molar-refractivity contribution in [2.45, 2.75) is 83.1 Å². The molecule has 58 heavy (non-hydrogen) atoms. The number of nitrogens with zero attached hydrogens (tertiary/aromatic N) is 3. The normalized spacial score (nSPS) is 24.0. The highest BCUT2D eigenvalue weighted by Gasteiger charge is 2.65. The van der Waals surface area contributed by atoms with E-state index in [0.29, 0.717) is 49.5 Å². The number of aliphatic hydroxyl groups excluding tert-OH is 2. The largest absolute Gasteiger partial charge is 0.487 e. The van der Waals surface area contributed by atoms with Crippen molar-refractivity contribution >= 4 is 22.4 Å². The zero-order valence-electron chi connectivity index (χ0n) is 34.0. The molecule has 6 unspecified atom stereocenters. The fraction of sp³-hybridized carbons (Fsp3) is 0.438. The van der Waals surface area contributed by atoms with E-state index in [4.69, 9.17) is 24.2 Å². The number of hydrogen-bond donors (Lipinski definition) is 2. The number of ether oxygens (including phenoxy) is 3. The Morgan fingerprint density at radius 3 is 2.55 bits per heavy atom. The number of aromatic nitrogens is 1. The number of allylic oxidation sites excluding steroid dienone is 1. The third-order valence-corrected chi connectivity index (χ3v) is 12.1. The van der Waals surface area contributed by atoms with Crippen LogP contribution in [0.3, 0.4) is 0 Å². The number of likely N-dealkylation sites (N-methyl/N-ethyl adjacent to an activating group) is 1. The molecule has 4 aromatic rings. The van der Waals surface area contributed by atoms with Crippen molar-refractivity contribution in [2.24, 2.45) is 22.9 Å². The van der Waals surface area contributed by atoms with Gasteiger partial charge in [-0.15, -0.1) is 6.58 Å². The Hall–Kier alpha value is -5.03. The molecule has 2 N–H and O–H groups in total. The van der Waals surface area contributed by atoms with E-state index in [9.17, 15) is 15.0 Å². The Labute approximate surface area is 342 Å². The van der Waals surface area contributed by atoms with Crippen molar-refractivity contribution in [1.29, 1.82) is 0 Å². The number of aryl methyl sites for hydroxylation is 1. The highest BCUT2D eigenvalue weighted by Crippen LogP contribution is 2.62. The van der Waals surface area contributed by atoms with E-state index in [-0.39, 0.29) is 43.5 Å². The summed E-state index contributed by atoms with van der Waals surface area (Å²) in [5, 5.41) is 26.6. The number of rotatable bonds is 18. The summed E-state index contributed by atoms with van der Waals surface area (Å²) in [6.07, 6.45) is 9.21. The van der Waals surface area contributed by atoms with Gasteiger partial charge in [-0.25, -0.2) is 0 Å². The number of unbranched alkanes of at least 4 members (excludes halogenated alkanes) is 2. The number of hydrogen-bond acceptors (Lipinski definition) is 9. The van der Waals surface area contributed by atoms with Gasteiger partial charge in [0.1, 0.15) is 30.8 Å². The Balaban J connectivity index is 1.39.